The second-order valence-electron chi connectivity index (χ2n) is 4.59. The molecule has 2 aliphatic rings. The van der Waals surface area contributed by atoms with Crippen LogP contribution in [0.2, 0.25) is 0 Å². The zero-order valence-electron chi connectivity index (χ0n) is 9.07. The smallest absolute Gasteiger partial charge is 0.265 e. The standard InChI is InChI=1S/C10H10BrNO3S2/c1-12-9(13)8-6(4-7(11)16-8)17(14,15)5-10(12)2-3-10/h4H,2-3,5H2,1H3. The highest BCUT2D eigenvalue weighted by Gasteiger charge is 2.54. The molecular weight excluding hydrogens is 326 g/mol. The lowest BCUT2D eigenvalue weighted by atomic mass is 10.2. The van der Waals surface area contributed by atoms with Crippen LogP contribution in [0.25, 0.3) is 0 Å². The first-order valence-corrected chi connectivity index (χ1v) is 8.42. The van der Waals surface area contributed by atoms with Crippen LogP contribution in [-0.4, -0.2) is 37.6 Å². The third-order valence-corrected chi connectivity index (χ3v) is 7.16. The van der Waals surface area contributed by atoms with Crippen LogP contribution in [0, 0.1) is 0 Å². The molecule has 1 aromatic heterocycles. The van der Waals surface area contributed by atoms with Gasteiger partial charge in [0.25, 0.3) is 5.91 Å². The number of amides is 1. The van der Waals surface area contributed by atoms with Crippen LogP contribution in [-0.2, 0) is 9.84 Å². The first-order chi connectivity index (χ1) is 7.86. The summed E-state index contributed by atoms with van der Waals surface area (Å²) in [6.45, 7) is 0. The van der Waals surface area contributed by atoms with Crippen molar-refractivity contribution in [2.24, 2.45) is 0 Å². The van der Waals surface area contributed by atoms with Crippen molar-refractivity contribution in [3.8, 4) is 0 Å². The van der Waals surface area contributed by atoms with Crippen LogP contribution in [0.1, 0.15) is 22.5 Å². The van der Waals surface area contributed by atoms with Crippen molar-refractivity contribution in [1.82, 2.24) is 4.90 Å². The minimum Gasteiger partial charge on any atom is -0.334 e. The first kappa shape index (κ1) is 11.7. The molecule has 1 aromatic rings. The van der Waals surface area contributed by atoms with E-state index < -0.39 is 15.4 Å². The maximum Gasteiger partial charge on any atom is 0.265 e. The summed E-state index contributed by atoms with van der Waals surface area (Å²) < 4.78 is 25.2. The number of carbonyl (C=O) groups is 1. The summed E-state index contributed by atoms with van der Waals surface area (Å²) in [6, 6.07) is 1.54. The van der Waals surface area contributed by atoms with Crippen LogP contribution in [0.15, 0.2) is 14.7 Å². The van der Waals surface area contributed by atoms with Gasteiger partial charge < -0.3 is 4.90 Å². The normalized spacial score (nSPS) is 24.6. The molecule has 4 nitrogen and oxygen atoms in total. The largest absolute Gasteiger partial charge is 0.334 e. The van der Waals surface area contributed by atoms with Gasteiger partial charge in [0.1, 0.15) is 4.88 Å². The highest BCUT2D eigenvalue weighted by Crippen LogP contribution is 2.47. The molecule has 0 bridgehead atoms. The number of sulfone groups is 1. The summed E-state index contributed by atoms with van der Waals surface area (Å²) >= 11 is 4.44. The van der Waals surface area contributed by atoms with Gasteiger partial charge in [0.2, 0.25) is 0 Å². The Balaban J connectivity index is 2.25. The fourth-order valence-electron chi connectivity index (χ4n) is 2.25. The molecule has 0 radical (unpaired) electrons. The number of fused-ring (bicyclic) bond motifs is 1. The quantitative estimate of drug-likeness (QED) is 0.727. The third-order valence-electron chi connectivity index (χ3n) is 3.50. The highest BCUT2D eigenvalue weighted by molar-refractivity contribution is 9.11. The van der Waals surface area contributed by atoms with Gasteiger partial charge in [-0.1, -0.05) is 0 Å². The average Bonchev–Trinajstić information content (AvgIpc) is 2.89. The van der Waals surface area contributed by atoms with Crippen LogP contribution in [0.3, 0.4) is 0 Å². The predicted molar refractivity (Wildman–Crippen MR) is 68.1 cm³/mol. The SMILES string of the molecule is CN1C(=O)c2sc(Br)cc2S(=O)(=O)CC12CC2. The number of nitrogens with zero attached hydrogens (tertiary/aromatic N) is 1. The van der Waals surface area contributed by atoms with E-state index >= 15 is 0 Å². The number of hydrogen-bond donors (Lipinski definition) is 0. The number of hydrogen-bond acceptors (Lipinski definition) is 4. The highest BCUT2D eigenvalue weighted by atomic mass is 79.9. The third kappa shape index (κ3) is 1.59. The van der Waals surface area contributed by atoms with E-state index in [2.05, 4.69) is 15.9 Å². The Kier molecular flexibility index (Phi) is 2.29. The minimum atomic E-state index is -3.35. The van der Waals surface area contributed by atoms with Gasteiger partial charge in [-0.05, 0) is 34.8 Å². The molecule has 1 saturated carbocycles. The molecule has 1 fully saturated rings. The minimum absolute atomic E-state index is 0.0540. The summed E-state index contributed by atoms with van der Waals surface area (Å²) in [6.07, 6.45) is 1.56. The molecule has 2 heterocycles. The van der Waals surface area contributed by atoms with Crippen molar-refractivity contribution in [3.05, 3.63) is 14.7 Å². The molecule has 0 aromatic carbocycles. The number of carbonyl (C=O) groups excluding carboxylic acids is 1. The molecule has 1 aliphatic carbocycles. The molecular formula is C10H10BrNO3S2. The fourth-order valence-corrected chi connectivity index (χ4v) is 6.46. The number of thiophene rings is 1. The molecule has 0 unspecified atom stereocenters. The second kappa shape index (κ2) is 3.33. The van der Waals surface area contributed by atoms with Crippen molar-refractivity contribution in [3.63, 3.8) is 0 Å². The Morgan fingerprint density at radius 1 is 1.47 bits per heavy atom. The molecule has 7 heteroatoms. The molecule has 3 rings (SSSR count). The fraction of sp³-hybridized carbons (Fsp3) is 0.500. The maximum atomic E-state index is 12.3. The van der Waals surface area contributed by atoms with Crippen molar-refractivity contribution in [2.75, 3.05) is 12.8 Å². The lowest BCUT2D eigenvalue weighted by molar-refractivity contribution is 0.0732. The van der Waals surface area contributed by atoms with Crippen LogP contribution in [0.5, 0.6) is 0 Å². The molecule has 0 saturated heterocycles. The van der Waals surface area contributed by atoms with Gasteiger partial charge in [-0.25, -0.2) is 8.42 Å². The molecule has 0 N–H and O–H groups in total. The van der Waals surface area contributed by atoms with Crippen LogP contribution >= 0.6 is 27.3 Å². The topological polar surface area (TPSA) is 54.5 Å². The summed E-state index contributed by atoms with van der Waals surface area (Å²) in [4.78, 5) is 14.4. The van der Waals surface area contributed by atoms with Gasteiger partial charge in [0.15, 0.2) is 9.84 Å². The predicted octanol–water partition coefficient (Wildman–Crippen LogP) is 1.90. The summed E-state index contributed by atoms with van der Waals surface area (Å²) in [5, 5.41) is 0. The van der Waals surface area contributed by atoms with Crippen molar-refractivity contribution < 1.29 is 13.2 Å². The Bertz CT molecular complexity index is 615. The van der Waals surface area contributed by atoms with E-state index in [4.69, 9.17) is 0 Å². The van der Waals surface area contributed by atoms with Gasteiger partial charge >= 0.3 is 0 Å². The van der Waals surface area contributed by atoms with Crippen molar-refractivity contribution in [1.29, 1.82) is 0 Å². The lowest BCUT2D eigenvalue weighted by Gasteiger charge is -2.24. The van der Waals surface area contributed by atoms with Gasteiger partial charge in [-0.3, -0.25) is 4.79 Å². The average molecular weight is 336 g/mol. The molecule has 0 atom stereocenters. The summed E-state index contributed by atoms with van der Waals surface area (Å²) in [5.74, 6) is -0.118. The molecule has 92 valence electrons. The van der Waals surface area contributed by atoms with E-state index in [1.807, 2.05) is 0 Å². The Labute approximate surface area is 112 Å². The van der Waals surface area contributed by atoms with Crippen LogP contribution < -0.4 is 0 Å². The van der Waals surface area contributed by atoms with Gasteiger partial charge in [-0.15, -0.1) is 11.3 Å². The zero-order valence-corrected chi connectivity index (χ0v) is 12.3. The van der Waals surface area contributed by atoms with E-state index in [0.717, 1.165) is 12.8 Å². The van der Waals surface area contributed by atoms with E-state index in [1.54, 1.807) is 18.0 Å². The molecule has 17 heavy (non-hydrogen) atoms. The lowest BCUT2D eigenvalue weighted by Crippen LogP contribution is -2.40. The Morgan fingerprint density at radius 3 is 2.71 bits per heavy atom. The van der Waals surface area contributed by atoms with Gasteiger partial charge in [0.05, 0.1) is 20.0 Å². The van der Waals surface area contributed by atoms with E-state index in [0.29, 0.717) is 8.66 Å². The first-order valence-electron chi connectivity index (χ1n) is 5.16. The van der Waals surface area contributed by atoms with Crippen molar-refractivity contribution >= 4 is 43.0 Å². The Morgan fingerprint density at radius 2 is 2.12 bits per heavy atom. The molecule has 1 amide bonds. The molecule has 1 spiro atoms. The monoisotopic (exact) mass is 335 g/mol. The Hall–Kier alpha value is -0.400. The number of halogens is 1. The summed E-state index contributed by atoms with van der Waals surface area (Å²) in [5.41, 5.74) is -0.443. The zero-order chi connectivity index (χ0) is 12.4. The maximum absolute atomic E-state index is 12.3. The van der Waals surface area contributed by atoms with E-state index in [1.165, 1.54) is 11.3 Å². The van der Waals surface area contributed by atoms with Crippen molar-refractivity contribution in [2.45, 2.75) is 23.3 Å². The van der Waals surface area contributed by atoms with E-state index in [9.17, 15) is 13.2 Å². The van der Waals surface area contributed by atoms with E-state index in [-0.39, 0.29) is 16.6 Å². The van der Waals surface area contributed by atoms with Gasteiger partial charge in [0, 0.05) is 7.05 Å². The summed E-state index contributed by atoms with van der Waals surface area (Å²) in [7, 11) is -1.65. The second-order valence-corrected chi connectivity index (χ2v) is 8.98. The van der Waals surface area contributed by atoms with Crippen LogP contribution in [0.4, 0.5) is 0 Å². The van der Waals surface area contributed by atoms with Gasteiger partial charge in [-0.2, -0.15) is 0 Å². The number of rotatable bonds is 0. The molecule has 1 aliphatic heterocycles.